The summed E-state index contributed by atoms with van der Waals surface area (Å²) >= 11 is 0. The van der Waals surface area contributed by atoms with E-state index in [4.69, 9.17) is 9.73 Å². The maximum absolute atomic E-state index is 5.47. The minimum Gasteiger partial charge on any atom is -0.381 e. The van der Waals surface area contributed by atoms with Crippen molar-refractivity contribution in [2.45, 2.75) is 26.7 Å². The average Bonchev–Trinajstić information content (AvgIpc) is 3.14. The smallest absolute Gasteiger partial charge is 0.193 e. The van der Waals surface area contributed by atoms with Crippen LogP contribution in [0.5, 0.6) is 0 Å². The first-order valence-electron chi connectivity index (χ1n) is 8.52. The highest BCUT2D eigenvalue weighted by atomic mass is 16.5. The number of ether oxygens (including phenoxy) is 1. The molecule has 5 heteroatoms. The van der Waals surface area contributed by atoms with Crippen LogP contribution in [0.2, 0.25) is 0 Å². The summed E-state index contributed by atoms with van der Waals surface area (Å²) in [6.07, 6.45) is 2.47. The number of guanidine groups is 1. The van der Waals surface area contributed by atoms with Gasteiger partial charge in [0.25, 0.3) is 0 Å². The van der Waals surface area contributed by atoms with Gasteiger partial charge in [-0.25, -0.2) is 0 Å². The van der Waals surface area contributed by atoms with Gasteiger partial charge in [-0.1, -0.05) is 6.92 Å². The Kier molecular flexibility index (Phi) is 6.77. The predicted molar refractivity (Wildman–Crippen MR) is 87.8 cm³/mol. The molecule has 0 aliphatic carbocycles. The van der Waals surface area contributed by atoms with Gasteiger partial charge < -0.3 is 19.9 Å². The van der Waals surface area contributed by atoms with Crippen molar-refractivity contribution in [3.8, 4) is 0 Å². The molecule has 1 N–H and O–H groups in total. The SMILES string of the molecule is CCNC(=NCC1CCN(CC)C1)N(C)CC1CCOC1. The lowest BCUT2D eigenvalue weighted by atomic mass is 10.1. The molecule has 0 spiro atoms. The van der Waals surface area contributed by atoms with E-state index >= 15 is 0 Å². The summed E-state index contributed by atoms with van der Waals surface area (Å²) in [4.78, 5) is 9.66. The van der Waals surface area contributed by atoms with Gasteiger partial charge in [0.05, 0.1) is 6.61 Å². The number of hydrogen-bond donors (Lipinski definition) is 1. The number of hydrogen-bond acceptors (Lipinski definition) is 3. The molecule has 2 rings (SSSR count). The lowest BCUT2D eigenvalue weighted by Gasteiger charge is -2.25. The Hall–Kier alpha value is -0.810. The van der Waals surface area contributed by atoms with Gasteiger partial charge in [-0.2, -0.15) is 0 Å². The summed E-state index contributed by atoms with van der Waals surface area (Å²) < 4.78 is 5.47. The molecular weight excluding hydrogens is 264 g/mol. The van der Waals surface area contributed by atoms with Crippen molar-refractivity contribution >= 4 is 5.96 Å². The van der Waals surface area contributed by atoms with E-state index in [2.05, 4.69) is 36.0 Å². The van der Waals surface area contributed by atoms with Gasteiger partial charge in [-0.3, -0.25) is 4.99 Å². The lowest BCUT2D eigenvalue weighted by Crippen LogP contribution is -2.41. The molecule has 2 aliphatic rings. The van der Waals surface area contributed by atoms with E-state index in [1.54, 1.807) is 0 Å². The van der Waals surface area contributed by atoms with Gasteiger partial charge in [0.2, 0.25) is 0 Å². The van der Waals surface area contributed by atoms with Gasteiger partial charge >= 0.3 is 0 Å². The quantitative estimate of drug-likeness (QED) is 0.592. The molecule has 2 fully saturated rings. The van der Waals surface area contributed by atoms with Crippen molar-refractivity contribution in [1.82, 2.24) is 15.1 Å². The first-order chi connectivity index (χ1) is 10.2. The Balaban J connectivity index is 1.82. The molecule has 0 aromatic heterocycles. The third-order valence-corrected chi connectivity index (χ3v) is 4.57. The zero-order valence-electron chi connectivity index (χ0n) is 14.0. The molecule has 2 atom stereocenters. The molecule has 21 heavy (non-hydrogen) atoms. The second-order valence-corrected chi connectivity index (χ2v) is 6.35. The third-order valence-electron chi connectivity index (χ3n) is 4.57. The van der Waals surface area contributed by atoms with Crippen molar-refractivity contribution in [3.63, 3.8) is 0 Å². The summed E-state index contributed by atoms with van der Waals surface area (Å²) in [5.74, 6) is 2.43. The van der Waals surface area contributed by atoms with Crippen LogP contribution in [0.3, 0.4) is 0 Å². The van der Waals surface area contributed by atoms with Crippen molar-refractivity contribution in [3.05, 3.63) is 0 Å². The fourth-order valence-corrected chi connectivity index (χ4v) is 3.24. The van der Waals surface area contributed by atoms with Crippen LogP contribution in [0.1, 0.15) is 26.7 Å². The monoisotopic (exact) mass is 296 g/mol. The van der Waals surface area contributed by atoms with E-state index in [1.807, 2.05) is 0 Å². The second-order valence-electron chi connectivity index (χ2n) is 6.35. The van der Waals surface area contributed by atoms with Gasteiger partial charge in [-0.05, 0) is 38.8 Å². The maximum Gasteiger partial charge on any atom is 0.193 e. The number of nitrogens with one attached hydrogen (secondary N) is 1. The standard InChI is InChI=1S/C16H32N4O/c1-4-17-16(19(3)11-15-7-9-21-13-15)18-10-14-6-8-20(5-2)12-14/h14-15H,4-13H2,1-3H3,(H,17,18). The van der Waals surface area contributed by atoms with E-state index in [9.17, 15) is 0 Å². The zero-order valence-corrected chi connectivity index (χ0v) is 14.0. The first-order valence-corrected chi connectivity index (χ1v) is 8.52. The van der Waals surface area contributed by atoms with E-state index < -0.39 is 0 Å². The number of likely N-dealkylation sites (tertiary alicyclic amines) is 1. The van der Waals surface area contributed by atoms with Crippen LogP contribution in [0.4, 0.5) is 0 Å². The Labute approximate surface area is 129 Å². The summed E-state index contributed by atoms with van der Waals surface area (Å²) in [6.45, 7) is 12.7. The Bertz CT molecular complexity index is 328. The zero-order chi connectivity index (χ0) is 15.1. The van der Waals surface area contributed by atoms with E-state index in [-0.39, 0.29) is 0 Å². The largest absolute Gasteiger partial charge is 0.381 e. The van der Waals surface area contributed by atoms with Crippen LogP contribution < -0.4 is 5.32 Å². The first kappa shape index (κ1) is 16.6. The molecule has 5 nitrogen and oxygen atoms in total. The summed E-state index contributed by atoms with van der Waals surface area (Å²) in [6, 6.07) is 0. The van der Waals surface area contributed by atoms with Crippen LogP contribution in [0.15, 0.2) is 4.99 Å². The van der Waals surface area contributed by atoms with E-state index in [0.29, 0.717) is 5.92 Å². The Morgan fingerprint density at radius 2 is 2.19 bits per heavy atom. The summed E-state index contributed by atoms with van der Waals surface area (Å²) in [7, 11) is 2.15. The molecule has 0 aromatic rings. The van der Waals surface area contributed by atoms with Crippen LogP contribution in [-0.2, 0) is 4.74 Å². The van der Waals surface area contributed by atoms with Crippen LogP contribution in [-0.4, -0.2) is 75.3 Å². The molecular formula is C16H32N4O. The Morgan fingerprint density at radius 1 is 1.33 bits per heavy atom. The molecule has 0 saturated carbocycles. The molecule has 2 saturated heterocycles. The minimum absolute atomic E-state index is 0.654. The maximum atomic E-state index is 5.47. The molecule has 0 bridgehead atoms. The van der Waals surface area contributed by atoms with Gasteiger partial charge in [-0.15, -0.1) is 0 Å². The van der Waals surface area contributed by atoms with Crippen LogP contribution in [0, 0.1) is 11.8 Å². The molecule has 0 aromatic carbocycles. The highest BCUT2D eigenvalue weighted by Gasteiger charge is 2.22. The van der Waals surface area contributed by atoms with Crippen molar-refractivity contribution in [2.75, 3.05) is 59.5 Å². The highest BCUT2D eigenvalue weighted by molar-refractivity contribution is 5.79. The normalized spacial score (nSPS) is 27.3. The molecule has 2 heterocycles. The molecule has 122 valence electrons. The lowest BCUT2D eigenvalue weighted by molar-refractivity contribution is 0.181. The van der Waals surface area contributed by atoms with Gasteiger partial charge in [0.15, 0.2) is 5.96 Å². The van der Waals surface area contributed by atoms with Gasteiger partial charge in [0, 0.05) is 45.8 Å². The predicted octanol–water partition coefficient (Wildman–Crippen LogP) is 1.26. The van der Waals surface area contributed by atoms with Crippen molar-refractivity contribution in [1.29, 1.82) is 0 Å². The summed E-state index contributed by atoms with van der Waals surface area (Å²) in [5.41, 5.74) is 0. The van der Waals surface area contributed by atoms with E-state index in [1.165, 1.54) is 32.5 Å². The number of nitrogens with zero attached hydrogens (tertiary/aromatic N) is 3. The van der Waals surface area contributed by atoms with E-state index in [0.717, 1.165) is 44.7 Å². The molecule has 0 amide bonds. The van der Waals surface area contributed by atoms with Crippen molar-refractivity contribution < 1.29 is 4.74 Å². The number of rotatable bonds is 6. The Morgan fingerprint density at radius 3 is 2.81 bits per heavy atom. The van der Waals surface area contributed by atoms with Crippen LogP contribution >= 0.6 is 0 Å². The average molecular weight is 296 g/mol. The molecule has 0 radical (unpaired) electrons. The molecule has 2 aliphatic heterocycles. The number of aliphatic imine (C=N–C) groups is 1. The fraction of sp³-hybridized carbons (Fsp3) is 0.938. The van der Waals surface area contributed by atoms with Crippen LogP contribution in [0.25, 0.3) is 0 Å². The highest BCUT2D eigenvalue weighted by Crippen LogP contribution is 2.16. The topological polar surface area (TPSA) is 40.1 Å². The minimum atomic E-state index is 0.654. The fourth-order valence-electron chi connectivity index (χ4n) is 3.24. The van der Waals surface area contributed by atoms with Crippen molar-refractivity contribution in [2.24, 2.45) is 16.8 Å². The summed E-state index contributed by atoms with van der Waals surface area (Å²) in [5, 5.41) is 3.43. The van der Waals surface area contributed by atoms with Gasteiger partial charge in [0.1, 0.15) is 0 Å². The third kappa shape index (κ3) is 5.15. The molecule has 2 unspecified atom stereocenters. The second kappa shape index (κ2) is 8.59.